The van der Waals surface area contributed by atoms with Crippen LogP contribution in [0.4, 0.5) is 13.2 Å². The van der Waals surface area contributed by atoms with Crippen LogP contribution in [-0.2, 0) is 6.54 Å². The molecule has 0 bridgehead atoms. The molecule has 0 saturated carbocycles. The molecular formula is C17H20F3N3O2S. The Morgan fingerprint density at radius 3 is 2.62 bits per heavy atom. The Hall–Kier alpha value is -1.74. The first kappa shape index (κ1) is 19.0. The average Bonchev–Trinajstić information content (AvgIpc) is 3.01. The van der Waals surface area contributed by atoms with E-state index < -0.39 is 5.51 Å². The minimum absolute atomic E-state index is 0.0923. The smallest absolute Gasteiger partial charge is 0.446 e. The number of likely N-dealkylation sites (tertiary alicyclic amines) is 1. The molecule has 3 rings (SSSR count). The molecule has 2 heterocycles. The number of piperidine rings is 1. The lowest BCUT2D eigenvalue weighted by Gasteiger charge is -2.30. The van der Waals surface area contributed by atoms with Gasteiger partial charge < -0.3 is 9.26 Å². The van der Waals surface area contributed by atoms with Crippen LogP contribution >= 0.6 is 11.8 Å². The summed E-state index contributed by atoms with van der Waals surface area (Å²) in [5.41, 5.74) is -3.50. The predicted octanol–water partition coefficient (Wildman–Crippen LogP) is 4.38. The highest BCUT2D eigenvalue weighted by Gasteiger charge is 2.31. The van der Waals surface area contributed by atoms with Crippen molar-refractivity contribution >= 4 is 11.8 Å². The van der Waals surface area contributed by atoms with Gasteiger partial charge in [0, 0.05) is 19.4 Å². The van der Waals surface area contributed by atoms with Crippen molar-refractivity contribution in [3.63, 3.8) is 0 Å². The van der Waals surface area contributed by atoms with E-state index in [1.54, 1.807) is 19.1 Å². The molecule has 0 radical (unpaired) electrons. The number of aryl methyl sites for hydroxylation is 1. The average molecular weight is 387 g/mol. The lowest BCUT2D eigenvalue weighted by atomic mass is 9.96. The van der Waals surface area contributed by atoms with Crippen LogP contribution in [0.5, 0.6) is 5.75 Å². The molecular weight excluding hydrogens is 367 g/mol. The molecule has 142 valence electrons. The van der Waals surface area contributed by atoms with Crippen LogP contribution in [0.3, 0.4) is 0 Å². The first-order valence-corrected chi connectivity index (χ1v) is 9.11. The van der Waals surface area contributed by atoms with Gasteiger partial charge in [0.25, 0.3) is 0 Å². The Kier molecular flexibility index (Phi) is 5.76. The van der Waals surface area contributed by atoms with Gasteiger partial charge in [0.05, 0.1) is 12.0 Å². The zero-order chi connectivity index (χ0) is 18.7. The topological polar surface area (TPSA) is 51.4 Å². The molecule has 1 fully saturated rings. The van der Waals surface area contributed by atoms with E-state index in [-0.39, 0.29) is 28.3 Å². The first-order valence-electron chi connectivity index (χ1n) is 8.29. The van der Waals surface area contributed by atoms with E-state index in [0.717, 1.165) is 37.3 Å². The fraction of sp³-hybridized carbons (Fsp3) is 0.529. The summed E-state index contributed by atoms with van der Waals surface area (Å²) in [7, 11) is 1.37. The highest BCUT2D eigenvalue weighted by molar-refractivity contribution is 8.00. The molecule has 5 nitrogen and oxygen atoms in total. The highest BCUT2D eigenvalue weighted by atomic mass is 32.2. The quantitative estimate of drug-likeness (QED) is 0.710. The highest BCUT2D eigenvalue weighted by Crippen LogP contribution is 2.42. The second-order valence-electron chi connectivity index (χ2n) is 6.26. The van der Waals surface area contributed by atoms with E-state index in [1.165, 1.54) is 7.11 Å². The van der Waals surface area contributed by atoms with Crippen LogP contribution in [0, 0.1) is 6.92 Å². The maximum Gasteiger partial charge on any atom is 0.446 e. The minimum atomic E-state index is -4.34. The zero-order valence-electron chi connectivity index (χ0n) is 14.5. The number of thioether (sulfide) groups is 1. The Morgan fingerprint density at radius 1 is 1.31 bits per heavy atom. The summed E-state index contributed by atoms with van der Waals surface area (Å²) in [6.07, 6.45) is 1.80. The van der Waals surface area contributed by atoms with Crippen molar-refractivity contribution in [1.29, 1.82) is 0 Å². The van der Waals surface area contributed by atoms with Gasteiger partial charge in [0.1, 0.15) is 5.75 Å². The van der Waals surface area contributed by atoms with Gasteiger partial charge in [-0.15, -0.1) is 0 Å². The number of ether oxygens (including phenoxy) is 1. The first-order chi connectivity index (χ1) is 12.3. The van der Waals surface area contributed by atoms with Gasteiger partial charge in [-0.3, -0.25) is 4.90 Å². The van der Waals surface area contributed by atoms with Crippen LogP contribution < -0.4 is 4.74 Å². The molecule has 0 aliphatic carbocycles. The molecule has 0 unspecified atom stereocenters. The molecule has 0 N–H and O–H groups in total. The maximum atomic E-state index is 12.7. The number of methoxy groups -OCH3 is 1. The summed E-state index contributed by atoms with van der Waals surface area (Å²) in [4.78, 5) is 6.61. The molecule has 1 aromatic carbocycles. The number of alkyl halides is 3. The number of hydrogen-bond donors (Lipinski definition) is 0. The summed E-state index contributed by atoms with van der Waals surface area (Å²) >= 11 is -0.142. The van der Waals surface area contributed by atoms with Gasteiger partial charge in [-0.05, 0) is 55.4 Å². The van der Waals surface area contributed by atoms with Crippen molar-refractivity contribution in [3.8, 4) is 5.75 Å². The molecule has 0 amide bonds. The molecule has 1 saturated heterocycles. The molecule has 1 aliphatic heterocycles. The van der Waals surface area contributed by atoms with E-state index in [4.69, 9.17) is 9.26 Å². The number of aromatic nitrogens is 2. The lowest BCUT2D eigenvalue weighted by molar-refractivity contribution is -0.0328. The number of hydrogen-bond acceptors (Lipinski definition) is 6. The van der Waals surface area contributed by atoms with Gasteiger partial charge in [-0.25, -0.2) is 0 Å². The molecule has 0 spiro atoms. The number of halogens is 3. The van der Waals surface area contributed by atoms with Gasteiger partial charge in [0.15, 0.2) is 5.82 Å². The van der Waals surface area contributed by atoms with E-state index in [1.807, 2.05) is 6.07 Å². The Labute approximate surface area is 153 Å². The standard InChI is InChI=1S/C17H20F3N3O2S/c1-11-21-16(22-25-11)13-5-7-23(8-6-13)10-12-3-4-14(24-2)15(9-12)26-17(18,19)20/h3-4,9,13H,5-8,10H2,1-2H3. The van der Waals surface area contributed by atoms with Gasteiger partial charge in [-0.1, -0.05) is 11.2 Å². The van der Waals surface area contributed by atoms with Crippen molar-refractivity contribution in [2.45, 2.75) is 42.6 Å². The Bertz CT molecular complexity index is 743. The summed E-state index contributed by atoms with van der Waals surface area (Å²) < 4.78 is 48.3. The number of benzene rings is 1. The predicted molar refractivity (Wildman–Crippen MR) is 91.2 cm³/mol. The van der Waals surface area contributed by atoms with E-state index in [0.29, 0.717) is 12.4 Å². The van der Waals surface area contributed by atoms with Crippen LogP contribution in [0.15, 0.2) is 27.6 Å². The molecule has 1 aliphatic rings. The zero-order valence-corrected chi connectivity index (χ0v) is 15.4. The van der Waals surface area contributed by atoms with E-state index >= 15 is 0 Å². The van der Waals surface area contributed by atoms with Crippen molar-refractivity contribution in [1.82, 2.24) is 15.0 Å². The third kappa shape index (κ3) is 4.91. The van der Waals surface area contributed by atoms with Gasteiger partial charge >= 0.3 is 5.51 Å². The Balaban J connectivity index is 1.62. The molecule has 26 heavy (non-hydrogen) atoms. The maximum absolute atomic E-state index is 12.7. The third-order valence-corrected chi connectivity index (χ3v) is 5.13. The molecule has 0 atom stereocenters. The van der Waals surface area contributed by atoms with Crippen molar-refractivity contribution in [2.75, 3.05) is 20.2 Å². The second kappa shape index (κ2) is 7.87. The summed E-state index contributed by atoms with van der Waals surface area (Å²) in [6.45, 7) is 4.05. The summed E-state index contributed by atoms with van der Waals surface area (Å²) in [5.74, 6) is 1.82. The monoisotopic (exact) mass is 387 g/mol. The largest absolute Gasteiger partial charge is 0.496 e. The summed E-state index contributed by atoms with van der Waals surface area (Å²) in [6, 6.07) is 4.97. The molecule has 2 aromatic rings. The number of nitrogens with zero attached hydrogens (tertiary/aromatic N) is 3. The van der Waals surface area contributed by atoms with Crippen LogP contribution in [0.25, 0.3) is 0 Å². The summed E-state index contributed by atoms with van der Waals surface area (Å²) in [5, 5.41) is 3.99. The fourth-order valence-electron chi connectivity index (χ4n) is 3.11. The van der Waals surface area contributed by atoms with Gasteiger partial charge in [0.2, 0.25) is 5.89 Å². The normalized spacial score (nSPS) is 16.8. The van der Waals surface area contributed by atoms with E-state index in [2.05, 4.69) is 15.0 Å². The van der Waals surface area contributed by atoms with Crippen molar-refractivity contribution in [2.24, 2.45) is 0 Å². The van der Waals surface area contributed by atoms with Crippen LogP contribution in [0.2, 0.25) is 0 Å². The molecule has 9 heteroatoms. The van der Waals surface area contributed by atoms with Crippen molar-refractivity contribution in [3.05, 3.63) is 35.5 Å². The lowest BCUT2D eigenvalue weighted by Crippen LogP contribution is -2.32. The fourth-order valence-corrected chi connectivity index (χ4v) is 3.82. The van der Waals surface area contributed by atoms with E-state index in [9.17, 15) is 13.2 Å². The second-order valence-corrected chi connectivity index (χ2v) is 7.36. The molecule has 1 aromatic heterocycles. The minimum Gasteiger partial charge on any atom is -0.496 e. The van der Waals surface area contributed by atoms with Crippen LogP contribution in [0.1, 0.15) is 36.0 Å². The number of rotatable bonds is 5. The van der Waals surface area contributed by atoms with Gasteiger partial charge in [-0.2, -0.15) is 18.2 Å². The van der Waals surface area contributed by atoms with Crippen molar-refractivity contribution < 1.29 is 22.4 Å². The third-order valence-electron chi connectivity index (χ3n) is 4.36. The Morgan fingerprint density at radius 2 is 2.04 bits per heavy atom. The SMILES string of the molecule is COc1ccc(CN2CCC(c3noc(C)n3)CC2)cc1SC(F)(F)F. The van der Waals surface area contributed by atoms with Crippen LogP contribution in [-0.4, -0.2) is 40.7 Å².